The minimum atomic E-state index is -0.0677. The van der Waals surface area contributed by atoms with Gasteiger partial charge in [-0.3, -0.25) is 0 Å². The van der Waals surface area contributed by atoms with Crippen molar-refractivity contribution >= 4 is 28.4 Å². The number of para-hydroxylation sites is 2. The normalized spacial score (nSPS) is 12.3. The van der Waals surface area contributed by atoms with Gasteiger partial charge in [-0.25, -0.2) is 4.98 Å². The predicted octanol–water partition coefficient (Wildman–Crippen LogP) is 4.66. The number of oxazole rings is 1. The van der Waals surface area contributed by atoms with Crippen molar-refractivity contribution in [3.8, 4) is 5.75 Å². The number of nitrogens with one attached hydrogen (secondary N) is 1. The van der Waals surface area contributed by atoms with Gasteiger partial charge in [0.2, 0.25) is 5.89 Å². The summed E-state index contributed by atoms with van der Waals surface area (Å²) in [5, 5.41) is 3.88. The first-order valence-corrected chi connectivity index (χ1v) is 7.00. The molecule has 0 saturated heterocycles. The Morgan fingerprint density at radius 3 is 2.76 bits per heavy atom. The molecule has 2 aromatic carbocycles. The molecule has 0 saturated carbocycles. The van der Waals surface area contributed by atoms with E-state index in [1.54, 1.807) is 7.11 Å². The summed E-state index contributed by atoms with van der Waals surface area (Å²) < 4.78 is 10.9. The minimum absolute atomic E-state index is 0.0677. The summed E-state index contributed by atoms with van der Waals surface area (Å²) in [6.07, 6.45) is 0. The van der Waals surface area contributed by atoms with Gasteiger partial charge in [-0.2, -0.15) is 0 Å². The fourth-order valence-electron chi connectivity index (χ4n) is 2.14. The number of fused-ring (bicyclic) bond motifs is 1. The fraction of sp³-hybridized carbons (Fsp3) is 0.188. The first-order chi connectivity index (χ1) is 10.2. The Hall–Kier alpha value is -2.20. The number of aromatic nitrogens is 1. The lowest BCUT2D eigenvalue weighted by Crippen LogP contribution is -2.06. The van der Waals surface area contributed by atoms with E-state index in [9.17, 15) is 0 Å². The van der Waals surface area contributed by atoms with Gasteiger partial charge in [0, 0.05) is 5.69 Å². The van der Waals surface area contributed by atoms with Crippen molar-refractivity contribution in [2.75, 3.05) is 12.4 Å². The van der Waals surface area contributed by atoms with Crippen LogP contribution in [0.2, 0.25) is 5.02 Å². The molecule has 1 heterocycles. The van der Waals surface area contributed by atoms with Crippen LogP contribution in [0.25, 0.3) is 11.1 Å². The van der Waals surface area contributed by atoms with Gasteiger partial charge in [0.25, 0.3) is 0 Å². The zero-order chi connectivity index (χ0) is 14.8. The van der Waals surface area contributed by atoms with Crippen LogP contribution in [-0.2, 0) is 0 Å². The quantitative estimate of drug-likeness (QED) is 0.761. The van der Waals surface area contributed by atoms with E-state index in [-0.39, 0.29) is 6.04 Å². The molecule has 0 aliphatic carbocycles. The lowest BCUT2D eigenvalue weighted by molar-refractivity contribution is 0.415. The van der Waals surface area contributed by atoms with Crippen molar-refractivity contribution in [2.45, 2.75) is 13.0 Å². The van der Waals surface area contributed by atoms with Crippen molar-refractivity contribution < 1.29 is 9.15 Å². The molecule has 1 atom stereocenters. The van der Waals surface area contributed by atoms with Crippen LogP contribution >= 0.6 is 11.6 Å². The smallest absolute Gasteiger partial charge is 0.217 e. The Morgan fingerprint density at radius 1 is 1.24 bits per heavy atom. The molecule has 1 unspecified atom stereocenters. The average molecular weight is 303 g/mol. The summed E-state index contributed by atoms with van der Waals surface area (Å²) in [5.41, 5.74) is 2.53. The van der Waals surface area contributed by atoms with Crippen LogP contribution in [0.5, 0.6) is 5.75 Å². The molecule has 1 aromatic heterocycles. The van der Waals surface area contributed by atoms with E-state index in [0.717, 1.165) is 16.8 Å². The number of benzene rings is 2. The van der Waals surface area contributed by atoms with Crippen LogP contribution < -0.4 is 10.1 Å². The molecule has 0 spiro atoms. The molecule has 0 aliphatic heterocycles. The lowest BCUT2D eigenvalue weighted by Gasteiger charge is -2.13. The van der Waals surface area contributed by atoms with Crippen molar-refractivity contribution in [3.05, 3.63) is 53.4 Å². The number of methoxy groups -OCH3 is 1. The minimum Gasteiger partial charge on any atom is -0.495 e. The zero-order valence-corrected chi connectivity index (χ0v) is 12.5. The number of nitrogens with zero attached hydrogens (tertiary/aromatic N) is 1. The van der Waals surface area contributed by atoms with Crippen LogP contribution in [0.4, 0.5) is 5.69 Å². The second kappa shape index (κ2) is 5.66. The van der Waals surface area contributed by atoms with Gasteiger partial charge in [-0.1, -0.05) is 23.7 Å². The molecule has 5 heteroatoms. The summed E-state index contributed by atoms with van der Waals surface area (Å²) in [5.74, 6) is 1.29. The molecule has 3 aromatic rings. The number of anilines is 1. The fourth-order valence-corrected chi connectivity index (χ4v) is 2.40. The topological polar surface area (TPSA) is 47.3 Å². The Labute approximate surface area is 127 Å². The molecule has 0 radical (unpaired) electrons. The second-order valence-electron chi connectivity index (χ2n) is 4.74. The first-order valence-electron chi connectivity index (χ1n) is 6.63. The summed E-state index contributed by atoms with van der Waals surface area (Å²) in [4.78, 5) is 4.48. The summed E-state index contributed by atoms with van der Waals surface area (Å²) in [6, 6.07) is 13.2. The molecular formula is C16H15ClN2O2. The highest BCUT2D eigenvalue weighted by Gasteiger charge is 2.13. The van der Waals surface area contributed by atoms with E-state index in [2.05, 4.69) is 10.3 Å². The number of rotatable bonds is 4. The second-order valence-corrected chi connectivity index (χ2v) is 5.14. The molecule has 1 N–H and O–H groups in total. The molecule has 21 heavy (non-hydrogen) atoms. The van der Waals surface area contributed by atoms with Crippen LogP contribution in [-0.4, -0.2) is 12.1 Å². The van der Waals surface area contributed by atoms with Gasteiger partial charge in [0.15, 0.2) is 5.58 Å². The molecule has 0 bridgehead atoms. The van der Waals surface area contributed by atoms with Crippen molar-refractivity contribution in [3.63, 3.8) is 0 Å². The van der Waals surface area contributed by atoms with Gasteiger partial charge in [-0.15, -0.1) is 0 Å². The average Bonchev–Trinajstić information content (AvgIpc) is 2.91. The van der Waals surface area contributed by atoms with Gasteiger partial charge in [0.05, 0.1) is 12.1 Å². The molecule has 108 valence electrons. The Kier molecular flexibility index (Phi) is 3.71. The van der Waals surface area contributed by atoms with E-state index in [0.29, 0.717) is 16.7 Å². The summed E-state index contributed by atoms with van der Waals surface area (Å²) in [6.45, 7) is 1.99. The van der Waals surface area contributed by atoms with E-state index < -0.39 is 0 Å². The molecule has 4 nitrogen and oxygen atoms in total. The standard InChI is InChI=1S/C16H15ClN2O2/c1-10(16-19-13-5-3-4-6-15(13)21-16)18-11-7-8-14(20-2)12(17)9-11/h3-10,18H,1-2H3. The SMILES string of the molecule is COc1ccc(NC(C)c2nc3ccccc3o2)cc1Cl. The van der Waals surface area contributed by atoms with E-state index in [1.807, 2.05) is 49.4 Å². The van der Waals surface area contributed by atoms with Gasteiger partial charge in [-0.05, 0) is 37.3 Å². The number of hydrogen-bond acceptors (Lipinski definition) is 4. The Bertz CT molecular complexity index is 737. The zero-order valence-electron chi connectivity index (χ0n) is 11.8. The van der Waals surface area contributed by atoms with E-state index in [4.69, 9.17) is 20.8 Å². The van der Waals surface area contributed by atoms with Crippen LogP contribution in [0, 0.1) is 0 Å². The Morgan fingerprint density at radius 2 is 2.05 bits per heavy atom. The third-order valence-corrected chi connectivity index (χ3v) is 3.51. The highest BCUT2D eigenvalue weighted by atomic mass is 35.5. The highest BCUT2D eigenvalue weighted by Crippen LogP contribution is 2.29. The van der Waals surface area contributed by atoms with Gasteiger partial charge in [0.1, 0.15) is 17.3 Å². The number of hydrogen-bond donors (Lipinski definition) is 1. The van der Waals surface area contributed by atoms with Crippen LogP contribution in [0.3, 0.4) is 0 Å². The van der Waals surface area contributed by atoms with Crippen molar-refractivity contribution in [1.29, 1.82) is 0 Å². The maximum atomic E-state index is 6.12. The lowest BCUT2D eigenvalue weighted by atomic mass is 10.2. The van der Waals surface area contributed by atoms with Gasteiger partial charge < -0.3 is 14.5 Å². The highest BCUT2D eigenvalue weighted by molar-refractivity contribution is 6.32. The van der Waals surface area contributed by atoms with Crippen LogP contribution in [0.1, 0.15) is 18.9 Å². The van der Waals surface area contributed by atoms with E-state index in [1.165, 1.54) is 0 Å². The Balaban J connectivity index is 1.82. The van der Waals surface area contributed by atoms with Crippen LogP contribution in [0.15, 0.2) is 46.9 Å². The summed E-state index contributed by atoms with van der Waals surface area (Å²) >= 11 is 6.12. The molecule has 3 rings (SSSR count). The third-order valence-electron chi connectivity index (χ3n) is 3.22. The number of ether oxygens (including phenoxy) is 1. The maximum Gasteiger partial charge on any atom is 0.217 e. The monoisotopic (exact) mass is 302 g/mol. The van der Waals surface area contributed by atoms with Crippen molar-refractivity contribution in [2.24, 2.45) is 0 Å². The third kappa shape index (κ3) is 2.81. The van der Waals surface area contributed by atoms with Gasteiger partial charge >= 0.3 is 0 Å². The predicted molar refractivity (Wildman–Crippen MR) is 84.1 cm³/mol. The first kappa shape index (κ1) is 13.8. The molecule has 0 fully saturated rings. The number of halogens is 1. The van der Waals surface area contributed by atoms with E-state index >= 15 is 0 Å². The molecule has 0 aliphatic rings. The maximum absolute atomic E-state index is 6.12. The van der Waals surface area contributed by atoms with Crippen molar-refractivity contribution in [1.82, 2.24) is 4.98 Å². The molecule has 0 amide bonds. The largest absolute Gasteiger partial charge is 0.495 e. The summed E-state index contributed by atoms with van der Waals surface area (Å²) in [7, 11) is 1.59. The molecular weight excluding hydrogens is 288 g/mol.